The van der Waals surface area contributed by atoms with E-state index in [1.54, 1.807) is 6.92 Å². The van der Waals surface area contributed by atoms with Crippen LogP contribution in [0.25, 0.3) is 10.9 Å². The fourth-order valence-electron chi connectivity index (χ4n) is 3.48. The Kier molecular flexibility index (Phi) is 4.68. The second-order valence-electron chi connectivity index (χ2n) is 6.21. The van der Waals surface area contributed by atoms with Crippen LogP contribution in [0.5, 0.6) is 0 Å². The zero-order chi connectivity index (χ0) is 19.0. The van der Waals surface area contributed by atoms with Crippen LogP contribution in [0.15, 0.2) is 21.7 Å². The van der Waals surface area contributed by atoms with Crippen molar-refractivity contribution in [3.63, 3.8) is 0 Å². The Morgan fingerprint density at radius 1 is 1.46 bits per heavy atom. The Morgan fingerprint density at radius 2 is 2.19 bits per heavy atom. The smallest absolute Gasteiger partial charge is 0.405 e. The maximum absolute atomic E-state index is 14.8. The summed E-state index contributed by atoms with van der Waals surface area (Å²) in [6.07, 6.45) is -0.638. The summed E-state index contributed by atoms with van der Waals surface area (Å²) in [6.45, 7) is 2.99. The summed E-state index contributed by atoms with van der Waals surface area (Å²) in [5.41, 5.74) is -1.75. The van der Waals surface area contributed by atoms with Crippen LogP contribution in [0.2, 0.25) is 0 Å². The quantitative estimate of drug-likeness (QED) is 0.583. The van der Waals surface area contributed by atoms with Crippen molar-refractivity contribution >= 4 is 17.0 Å². The zero-order valence-corrected chi connectivity index (χ0v) is 14.0. The van der Waals surface area contributed by atoms with Crippen LogP contribution < -0.4 is 21.9 Å². The maximum atomic E-state index is 14.8. The van der Waals surface area contributed by atoms with Crippen molar-refractivity contribution in [2.45, 2.75) is 25.9 Å². The lowest BCUT2D eigenvalue weighted by Gasteiger charge is -2.24. The lowest BCUT2D eigenvalue weighted by Crippen LogP contribution is -2.39. The van der Waals surface area contributed by atoms with Crippen molar-refractivity contribution in [3.8, 4) is 0 Å². The van der Waals surface area contributed by atoms with Gasteiger partial charge in [-0.15, -0.1) is 0 Å². The van der Waals surface area contributed by atoms with Gasteiger partial charge < -0.3 is 20.9 Å². The average Bonchev–Trinajstić information content (AvgIpc) is 3.13. The second-order valence-corrected chi connectivity index (χ2v) is 6.21. The van der Waals surface area contributed by atoms with Crippen LogP contribution in [-0.2, 0) is 6.54 Å². The molecule has 0 saturated carbocycles. The highest BCUT2D eigenvalue weighted by Crippen LogP contribution is 2.30. The first-order valence-corrected chi connectivity index (χ1v) is 8.23. The molecule has 0 aliphatic carbocycles. The third-order valence-corrected chi connectivity index (χ3v) is 4.74. The molecule has 9 nitrogen and oxygen atoms in total. The molecule has 0 bridgehead atoms. The number of halogens is 1. The Balaban J connectivity index is 2.26. The number of nitrogens with one attached hydrogen (secondary N) is 2. The number of fused-ring (bicyclic) bond motifs is 1. The number of nitrogens with zero attached hydrogens (tertiary/aromatic N) is 2. The van der Waals surface area contributed by atoms with Gasteiger partial charge in [0.2, 0.25) is 0 Å². The molecule has 140 valence electrons. The van der Waals surface area contributed by atoms with Gasteiger partial charge in [-0.3, -0.25) is 9.36 Å². The molecule has 2 unspecified atom stereocenters. The molecule has 1 fully saturated rings. The topological polar surface area (TPSA) is 126 Å². The average molecular weight is 366 g/mol. The number of benzene rings is 1. The van der Waals surface area contributed by atoms with Crippen LogP contribution in [0.1, 0.15) is 24.9 Å². The highest BCUT2D eigenvalue weighted by Gasteiger charge is 2.30. The van der Waals surface area contributed by atoms with Crippen molar-refractivity contribution in [1.29, 1.82) is 0 Å². The third kappa shape index (κ3) is 2.92. The van der Waals surface area contributed by atoms with Gasteiger partial charge in [0.1, 0.15) is 5.82 Å². The summed E-state index contributed by atoms with van der Waals surface area (Å²) in [6, 6.07) is 1.42. The van der Waals surface area contributed by atoms with E-state index in [0.717, 1.165) is 10.6 Å². The molecule has 2 aromatic rings. The van der Waals surface area contributed by atoms with Crippen molar-refractivity contribution in [1.82, 2.24) is 19.9 Å². The van der Waals surface area contributed by atoms with E-state index in [1.165, 1.54) is 6.07 Å². The van der Waals surface area contributed by atoms with E-state index in [2.05, 4.69) is 10.6 Å². The standard InChI is InChI=1S/C16H19FN4O5/c1-2-20-12-6-9(13(19-15(23)24)8-3-4-18-7-8)11(17)5-10(12)14(22)21(26)16(20)25/h5-6,8,13,18-19,26H,2-4,7H2,1H3,(H,23,24). The van der Waals surface area contributed by atoms with Crippen LogP contribution in [0, 0.1) is 11.7 Å². The number of rotatable bonds is 4. The summed E-state index contributed by atoms with van der Waals surface area (Å²) < 4.78 is 15.8. The zero-order valence-electron chi connectivity index (χ0n) is 14.0. The number of hydrogen-bond donors (Lipinski definition) is 4. The molecule has 4 N–H and O–H groups in total. The highest BCUT2D eigenvalue weighted by atomic mass is 19.1. The number of aryl methyl sites for hydroxylation is 1. The summed E-state index contributed by atoms with van der Waals surface area (Å²) in [4.78, 5) is 35.4. The molecule has 3 rings (SSSR count). The van der Waals surface area contributed by atoms with E-state index < -0.39 is 29.2 Å². The Morgan fingerprint density at radius 3 is 2.77 bits per heavy atom. The molecule has 0 radical (unpaired) electrons. The first-order valence-electron chi connectivity index (χ1n) is 8.23. The van der Waals surface area contributed by atoms with Gasteiger partial charge in [0.15, 0.2) is 0 Å². The van der Waals surface area contributed by atoms with Crippen molar-refractivity contribution < 1.29 is 19.5 Å². The Bertz CT molecular complexity index is 977. The van der Waals surface area contributed by atoms with Crippen LogP contribution in [0.4, 0.5) is 9.18 Å². The van der Waals surface area contributed by atoms with Gasteiger partial charge in [-0.1, -0.05) is 4.73 Å². The molecular weight excluding hydrogens is 347 g/mol. The van der Waals surface area contributed by atoms with Crippen molar-refractivity contribution in [2.75, 3.05) is 13.1 Å². The minimum atomic E-state index is -1.29. The van der Waals surface area contributed by atoms with E-state index in [-0.39, 0.29) is 33.7 Å². The predicted molar refractivity (Wildman–Crippen MR) is 90.2 cm³/mol. The molecule has 10 heteroatoms. The summed E-state index contributed by atoms with van der Waals surface area (Å²) in [5.74, 6) is -0.945. The normalized spacial score (nSPS) is 18.2. The molecule has 2 heterocycles. The maximum Gasteiger partial charge on any atom is 0.405 e. The third-order valence-electron chi connectivity index (χ3n) is 4.74. The molecule has 1 aliphatic heterocycles. The molecule has 1 amide bonds. The van der Waals surface area contributed by atoms with Crippen LogP contribution in [-0.4, -0.2) is 38.8 Å². The van der Waals surface area contributed by atoms with E-state index in [1.807, 2.05) is 0 Å². The van der Waals surface area contributed by atoms with Gasteiger partial charge >= 0.3 is 11.8 Å². The largest absolute Gasteiger partial charge is 0.465 e. The number of carboxylic acid groups (broad SMARTS) is 1. The predicted octanol–water partition coefficient (Wildman–Crippen LogP) is 0.478. The van der Waals surface area contributed by atoms with Gasteiger partial charge in [0.05, 0.1) is 16.9 Å². The van der Waals surface area contributed by atoms with Crippen molar-refractivity contribution in [3.05, 3.63) is 44.4 Å². The Labute approximate surface area is 146 Å². The number of amides is 1. The number of carbonyl (C=O) groups is 1. The lowest BCUT2D eigenvalue weighted by molar-refractivity contribution is 0.157. The molecule has 2 atom stereocenters. The SMILES string of the molecule is CCn1c(=O)n(O)c(=O)c2cc(F)c(C(NC(=O)O)C3CCNC3)cc21. The highest BCUT2D eigenvalue weighted by molar-refractivity contribution is 5.79. The molecule has 1 aromatic heterocycles. The fraction of sp³-hybridized carbons (Fsp3) is 0.438. The van der Waals surface area contributed by atoms with E-state index in [9.17, 15) is 24.0 Å². The number of aromatic nitrogens is 2. The van der Waals surface area contributed by atoms with Crippen LogP contribution >= 0.6 is 0 Å². The minimum absolute atomic E-state index is 0.0567. The number of hydrogen-bond acceptors (Lipinski definition) is 5. The van der Waals surface area contributed by atoms with Crippen LogP contribution in [0.3, 0.4) is 0 Å². The van der Waals surface area contributed by atoms with Gasteiger partial charge in [0.25, 0.3) is 5.56 Å². The first-order chi connectivity index (χ1) is 12.3. The lowest BCUT2D eigenvalue weighted by atomic mass is 9.91. The van der Waals surface area contributed by atoms with Crippen molar-refractivity contribution in [2.24, 2.45) is 5.92 Å². The van der Waals surface area contributed by atoms with Gasteiger partial charge in [-0.05, 0) is 37.9 Å². The fourth-order valence-corrected chi connectivity index (χ4v) is 3.48. The summed E-state index contributed by atoms with van der Waals surface area (Å²) in [7, 11) is 0. The monoisotopic (exact) mass is 366 g/mol. The van der Waals surface area contributed by atoms with Gasteiger partial charge in [-0.25, -0.2) is 14.0 Å². The summed E-state index contributed by atoms with van der Waals surface area (Å²) in [5, 5.41) is 24.1. The van der Waals surface area contributed by atoms with E-state index >= 15 is 0 Å². The van der Waals surface area contributed by atoms with E-state index in [0.29, 0.717) is 19.5 Å². The molecule has 1 aliphatic rings. The summed E-state index contributed by atoms with van der Waals surface area (Å²) >= 11 is 0. The van der Waals surface area contributed by atoms with E-state index in [4.69, 9.17) is 5.11 Å². The minimum Gasteiger partial charge on any atom is -0.465 e. The molecule has 26 heavy (non-hydrogen) atoms. The molecular formula is C16H19FN4O5. The first kappa shape index (κ1) is 17.9. The van der Waals surface area contributed by atoms with Gasteiger partial charge in [0, 0.05) is 18.7 Å². The second kappa shape index (κ2) is 6.79. The molecule has 1 aromatic carbocycles. The molecule has 1 saturated heterocycles. The van der Waals surface area contributed by atoms with Gasteiger partial charge in [-0.2, -0.15) is 0 Å². The molecule has 0 spiro atoms. The Hall–Kier alpha value is -2.88.